The molecule has 1 aromatic heterocycles. The summed E-state index contributed by atoms with van der Waals surface area (Å²) in [6.07, 6.45) is 3.43. The Labute approximate surface area is 255 Å². The van der Waals surface area contributed by atoms with E-state index < -0.39 is 0 Å². The molecule has 232 valence electrons. The van der Waals surface area contributed by atoms with Crippen molar-refractivity contribution in [3.63, 3.8) is 0 Å². The Bertz CT molecular complexity index is 1090. The Kier molecular flexibility index (Phi) is 16.3. The van der Waals surface area contributed by atoms with Crippen LogP contribution in [0.3, 0.4) is 0 Å². The molecule has 2 aromatic carbocycles. The lowest BCUT2D eigenvalue weighted by Gasteiger charge is -2.10. The van der Waals surface area contributed by atoms with Gasteiger partial charge in [0.1, 0.15) is 69.7 Å². The Morgan fingerprint density at radius 3 is 1.14 bits per heavy atom. The van der Waals surface area contributed by atoms with Crippen molar-refractivity contribution in [3.8, 4) is 23.0 Å². The van der Waals surface area contributed by atoms with Crippen molar-refractivity contribution < 1.29 is 42.5 Å². The Balaban J connectivity index is 1.26. The summed E-state index contributed by atoms with van der Waals surface area (Å²) in [6.45, 7) is 13.1. The number of ether oxygens (including phenoxy) is 8. The van der Waals surface area contributed by atoms with Crippen LogP contribution in [0.4, 0.5) is 0 Å². The molecule has 0 amide bonds. The maximum Gasteiger partial charge on any atom is 0.207 e. The van der Waals surface area contributed by atoms with Gasteiger partial charge < -0.3 is 37.9 Å². The molecule has 9 nitrogen and oxygen atoms in total. The highest BCUT2D eigenvalue weighted by Crippen LogP contribution is 2.18. The van der Waals surface area contributed by atoms with E-state index in [2.05, 4.69) is 17.7 Å². The fourth-order valence-corrected chi connectivity index (χ4v) is 3.79. The number of hydrogen-bond acceptors (Lipinski definition) is 8. The minimum absolute atomic E-state index is 0.447. The highest BCUT2D eigenvalue weighted by molar-refractivity contribution is 5.32. The fourth-order valence-electron chi connectivity index (χ4n) is 3.79. The summed E-state index contributed by atoms with van der Waals surface area (Å²) in [7, 11) is 2.01. The first kappa shape index (κ1) is 33.6. The molecule has 0 saturated carbocycles. The van der Waals surface area contributed by atoms with Crippen LogP contribution in [0.5, 0.6) is 23.0 Å². The first-order valence-electron chi connectivity index (χ1n) is 14.4. The number of benzene rings is 2. The van der Waals surface area contributed by atoms with Gasteiger partial charge in [0.05, 0.1) is 39.6 Å². The normalized spacial score (nSPS) is 10.7. The molecule has 43 heavy (non-hydrogen) atoms. The fraction of sp³-hybridized carbons (Fsp3) is 0.382. The standard InChI is InChI=1S/C34H44NO8/c1-4-17-36-19-23-40-31-9-13-33(14-10-31)42-25-21-38-27-29-7-6-8-30(35(29)3)28-39-22-26-43-34-15-11-32(12-16-34)41-24-20-37-18-5-2/h4-16H,1-2,17-28H2,3H3/q+1. The van der Waals surface area contributed by atoms with Crippen LogP contribution in [-0.4, -0.2) is 66.1 Å². The lowest BCUT2D eigenvalue weighted by Crippen LogP contribution is -2.39. The number of aromatic nitrogens is 1. The SMILES string of the molecule is C=CCOCCOc1ccc(OCCOCc2cccc(COCCOc3ccc(OCCOCC=C)cc3)[n+]2C)cc1. The second-order valence-corrected chi connectivity index (χ2v) is 9.24. The first-order chi connectivity index (χ1) is 21.2. The van der Waals surface area contributed by atoms with Gasteiger partial charge in [-0.1, -0.05) is 12.2 Å². The average Bonchev–Trinajstić information content (AvgIpc) is 3.03. The van der Waals surface area contributed by atoms with Crippen LogP contribution < -0.4 is 23.5 Å². The van der Waals surface area contributed by atoms with Crippen LogP contribution in [0.2, 0.25) is 0 Å². The molecular formula is C34H44NO8+. The monoisotopic (exact) mass is 594 g/mol. The number of rotatable bonds is 24. The molecule has 0 aliphatic rings. The molecule has 1 heterocycles. The predicted molar refractivity (Wildman–Crippen MR) is 164 cm³/mol. The van der Waals surface area contributed by atoms with Crippen molar-refractivity contribution in [2.75, 3.05) is 66.1 Å². The average molecular weight is 595 g/mol. The van der Waals surface area contributed by atoms with E-state index in [-0.39, 0.29) is 0 Å². The molecule has 0 saturated heterocycles. The van der Waals surface area contributed by atoms with Gasteiger partial charge in [-0.15, -0.1) is 13.2 Å². The third-order valence-electron chi connectivity index (χ3n) is 6.04. The summed E-state index contributed by atoms with van der Waals surface area (Å²) in [5.74, 6) is 3.07. The van der Waals surface area contributed by atoms with E-state index in [0.29, 0.717) is 79.3 Å². The zero-order chi connectivity index (χ0) is 30.4. The van der Waals surface area contributed by atoms with Gasteiger partial charge in [-0.3, -0.25) is 0 Å². The maximum atomic E-state index is 5.85. The molecule has 0 bridgehead atoms. The van der Waals surface area contributed by atoms with E-state index in [9.17, 15) is 0 Å². The van der Waals surface area contributed by atoms with Gasteiger partial charge >= 0.3 is 0 Å². The second-order valence-electron chi connectivity index (χ2n) is 9.24. The van der Waals surface area contributed by atoms with Crippen molar-refractivity contribution in [3.05, 3.63) is 103 Å². The van der Waals surface area contributed by atoms with E-state index in [1.165, 1.54) is 0 Å². The van der Waals surface area contributed by atoms with Crippen LogP contribution >= 0.6 is 0 Å². The van der Waals surface area contributed by atoms with Crippen LogP contribution in [0.15, 0.2) is 92.0 Å². The van der Waals surface area contributed by atoms with Crippen molar-refractivity contribution in [1.82, 2.24) is 0 Å². The summed E-state index contributed by atoms with van der Waals surface area (Å²) < 4.78 is 47.2. The number of pyridine rings is 1. The summed E-state index contributed by atoms with van der Waals surface area (Å²) in [5, 5.41) is 0. The van der Waals surface area contributed by atoms with Gasteiger partial charge in [0.2, 0.25) is 11.4 Å². The number of nitrogens with zero attached hydrogens (tertiary/aromatic N) is 1. The third-order valence-corrected chi connectivity index (χ3v) is 6.04. The van der Waals surface area contributed by atoms with E-state index in [1.54, 1.807) is 12.2 Å². The summed E-state index contributed by atoms with van der Waals surface area (Å²) in [6, 6.07) is 21.1. The molecule has 0 spiro atoms. The molecule has 0 fully saturated rings. The van der Waals surface area contributed by atoms with Crippen LogP contribution in [-0.2, 0) is 39.2 Å². The zero-order valence-corrected chi connectivity index (χ0v) is 25.1. The van der Waals surface area contributed by atoms with Crippen LogP contribution in [0, 0.1) is 0 Å². The van der Waals surface area contributed by atoms with E-state index in [1.807, 2.05) is 73.8 Å². The van der Waals surface area contributed by atoms with E-state index in [0.717, 1.165) is 34.4 Å². The third kappa shape index (κ3) is 13.8. The maximum absolute atomic E-state index is 5.85. The molecule has 9 heteroatoms. The molecule has 0 aliphatic carbocycles. The first-order valence-corrected chi connectivity index (χ1v) is 14.4. The van der Waals surface area contributed by atoms with Gasteiger partial charge in [-0.2, -0.15) is 4.57 Å². The molecule has 0 N–H and O–H groups in total. The van der Waals surface area contributed by atoms with E-state index >= 15 is 0 Å². The topological polar surface area (TPSA) is 77.7 Å². The highest BCUT2D eigenvalue weighted by Gasteiger charge is 2.13. The minimum Gasteiger partial charge on any atom is -0.491 e. The Morgan fingerprint density at radius 2 is 0.814 bits per heavy atom. The summed E-state index contributed by atoms with van der Waals surface area (Å²) >= 11 is 0. The van der Waals surface area contributed by atoms with Gasteiger partial charge in [0.15, 0.2) is 0 Å². The molecule has 3 rings (SSSR count). The van der Waals surface area contributed by atoms with Gasteiger partial charge in [0.25, 0.3) is 0 Å². The summed E-state index contributed by atoms with van der Waals surface area (Å²) in [5.41, 5.74) is 2.09. The molecule has 0 radical (unpaired) electrons. The highest BCUT2D eigenvalue weighted by atomic mass is 16.5. The van der Waals surface area contributed by atoms with Crippen molar-refractivity contribution in [2.24, 2.45) is 7.05 Å². The smallest absolute Gasteiger partial charge is 0.207 e. The minimum atomic E-state index is 0.447. The van der Waals surface area contributed by atoms with Crippen molar-refractivity contribution in [1.29, 1.82) is 0 Å². The molecule has 0 aliphatic heterocycles. The molecule has 0 atom stereocenters. The molecule has 3 aromatic rings. The second kappa shape index (κ2) is 20.9. The lowest BCUT2D eigenvalue weighted by molar-refractivity contribution is -0.690. The quantitative estimate of drug-likeness (QED) is 0.0827. The van der Waals surface area contributed by atoms with Crippen molar-refractivity contribution in [2.45, 2.75) is 13.2 Å². The van der Waals surface area contributed by atoms with Gasteiger partial charge in [0, 0.05) is 12.1 Å². The van der Waals surface area contributed by atoms with Gasteiger partial charge in [-0.05, 0) is 54.6 Å². The predicted octanol–water partition coefficient (Wildman–Crippen LogP) is 4.87. The van der Waals surface area contributed by atoms with Crippen LogP contribution in [0.1, 0.15) is 11.4 Å². The molecular weight excluding hydrogens is 550 g/mol. The molecule has 0 unspecified atom stereocenters. The summed E-state index contributed by atoms with van der Waals surface area (Å²) in [4.78, 5) is 0. The number of hydrogen-bond donors (Lipinski definition) is 0. The Morgan fingerprint density at radius 1 is 0.488 bits per heavy atom. The largest absolute Gasteiger partial charge is 0.491 e. The van der Waals surface area contributed by atoms with Crippen LogP contribution in [0.25, 0.3) is 0 Å². The lowest BCUT2D eigenvalue weighted by atomic mass is 10.3. The Hall–Kier alpha value is -3.89. The zero-order valence-electron chi connectivity index (χ0n) is 25.1. The van der Waals surface area contributed by atoms with Gasteiger partial charge in [-0.25, -0.2) is 0 Å². The van der Waals surface area contributed by atoms with E-state index in [4.69, 9.17) is 37.9 Å². The van der Waals surface area contributed by atoms with Crippen molar-refractivity contribution >= 4 is 0 Å².